The fourth-order valence-electron chi connectivity index (χ4n) is 0. The van der Waals surface area contributed by atoms with E-state index in [4.69, 9.17) is 10.2 Å². The van der Waals surface area contributed by atoms with Crippen LogP contribution >= 0.6 is 24.9 Å². The Hall–Kier alpha value is 0.830. The van der Waals surface area contributed by atoms with Gasteiger partial charge in [0.25, 0.3) is 0 Å². The average Bonchev–Trinajstić information content (AvgIpc) is 1.31. The molecule has 0 aromatic carbocycles. The van der Waals surface area contributed by atoms with Crippen LogP contribution < -0.4 is 0 Å². The molecule has 0 fully saturated rings. The van der Waals surface area contributed by atoms with E-state index in [9.17, 15) is 0 Å². The summed E-state index contributed by atoms with van der Waals surface area (Å²) in [7, 11) is -0.630. The first kappa shape index (κ1) is 11.6. The highest BCUT2D eigenvalue weighted by atomic mass is 79.9. The molecule has 4 heteroatoms. The van der Waals surface area contributed by atoms with Gasteiger partial charge >= 0.3 is 0 Å². The summed E-state index contributed by atoms with van der Waals surface area (Å²) >= 11 is 0. The van der Waals surface area contributed by atoms with Crippen LogP contribution in [0.3, 0.4) is 0 Å². The topological polar surface area (TPSA) is 40.5 Å². The van der Waals surface area contributed by atoms with E-state index in [1.165, 1.54) is 6.92 Å². The molecule has 0 atom stereocenters. The Balaban J connectivity index is 0. The lowest BCUT2D eigenvalue weighted by Crippen LogP contribution is -2.18. The molecule has 0 spiro atoms. The molecule has 8 heavy (non-hydrogen) atoms. The molecule has 0 unspecified atom stereocenters. The fourth-order valence-corrected chi connectivity index (χ4v) is 0. The van der Waals surface area contributed by atoms with Gasteiger partial charge in [-0.1, -0.05) is 0 Å². The number of hydrogen-bond acceptors (Lipinski definition) is 2. The van der Waals surface area contributed by atoms with Crippen LogP contribution in [0.5, 0.6) is 0 Å². The molecule has 0 amide bonds. The van der Waals surface area contributed by atoms with Gasteiger partial charge in [-0.3, -0.25) is 0 Å². The van der Waals surface area contributed by atoms with E-state index in [-0.39, 0.29) is 17.0 Å². The molecule has 0 saturated heterocycles. The standard InChI is InChI=1S/C4H11O2P.BrH/c1-4(5,6)7(2)3;/h5-6H,1-3H3;1H. The van der Waals surface area contributed by atoms with Crippen molar-refractivity contribution < 1.29 is 10.2 Å². The van der Waals surface area contributed by atoms with Gasteiger partial charge in [0.15, 0.2) is 5.53 Å². The summed E-state index contributed by atoms with van der Waals surface area (Å²) in [6, 6.07) is 0. The third-order valence-corrected chi connectivity index (χ3v) is 2.54. The monoisotopic (exact) mass is 202 g/mol. The van der Waals surface area contributed by atoms with E-state index in [1.54, 1.807) is 0 Å². The highest BCUT2D eigenvalue weighted by Gasteiger charge is 2.18. The van der Waals surface area contributed by atoms with Crippen LogP contribution in [-0.2, 0) is 0 Å². The zero-order valence-electron chi connectivity index (χ0n) is 5.25. The third kappa shape index (κ3) is 4.98. The lowest BCUT2D eigenvalue weighted by molar-refractivity contribution is -0.0645. The van der Waals surface area contributed by atoms with Gasteiger partial charge in [0.05, 0.1) is 0 Å². The molecule has 0 aliphatic rings. The predicted octanol–water partition coefficient (Wildman–Crippen LogP) is 0.964. The number of halogens is 1. The summed E-state index contributed by atoms with van der Waals surface area (Å²) in [5, 5.41) is 17.4. The second-order valence-corrected chi connectivity index (χ2v) is 4.50. The summed E-state index contributed by atoms with van der Waals surface area (Å²) in [5.74, 6) is 0. The van der Waals surface area contributed by atoms with Crippen molar-refractivity contribution in [1.82, 2.24) is 0 Å². The van der Waals surface area contributed by atoms with Gasteiger partial charge in [-0.2, -0.15) is 0 Å². The minimum atomic E-state index is -1.44. The SMILES string of the molecule is Br.CP(C)C(C)(O)O. The van der Waals surface area contributed by atoms with Gasteiger partial charge < -0.3 is 10.2 Å². The van der Waals surface area contributed by atoms with Crippen LogP contribution in [0.2, 0.25) is 0 Å². The first-order valence-corrected chi connectivity index (χ1v) is 4.30. The maximum absolute atomic E-state index is 8.68. The summed E-state index contributed by atoms with van der Waals surface area (Å²) < 4.78 is 0. The van der Waals surface area contributed by atoms with E-state index >= 15 is 0 Å². The van der Waals surface area contributed by atoms with Crippen LogP contribution in [0.25, 0.3) is 0 Å². The Bertz CT molecular complexity index is 59.5. The molecule has 0 saturated carbocycles. The first-order valence-electron chi connectivity index (χ1n) is 2.07. The van der Waals surface area contributed by atoms with Crippen LogP contribution in [-0.4, -0.2) is 29.1 Å². The molecule has 0 aliphatic heterocycles. The first-order chi connectivity index (χ1) is 2.94. The molecule has 2 nitrogen and oxygen atoms in total. The van der Waals surface area contributed by atoms with Crippen molar-refractivity contribution in [3.05, 3.63) is 0 Å². The Morgan fingerprint density at radius 3 is 1.38 bits per heavy atom. The Morgan fingerprint density at radius 1 is 1.25 bits per heavy atom. The highest BCUT2D eigenvalue weighted by molar-refractivity contribution is 8.93. The number of aliphatic hydroxyl groups is 2. The molecule has 2 N–H and O–H groups in total. The van der Waals surface area contributed by atoms with E-state index in [0.29, 0.717) is 0 Å². The van der Waals surface area contributed by atoms with Gasteiger partial charge in [-0.15, -0.1) is 17.0 Å². The van der Waals surface area contributed by atoms with Gasteiger partial charge in [0.1, 0.15) is 0 Å². The molecule has 0 aliphatic carbocycles. The van der Waals surface area contributed by atoms with Crippen molar-refractivity contribution in [2.24, 2.45) is 0 Å². The van der Waals surface area contributed by atoms with Crippen molar-refractivity contribution in [3.63, 3.8) is 0 Å². The van der Waals surface area contributed by atoms with Crippen molar-refractivity contribution in [1.29, 1.82) is 0 Å². The Kier molecular flexibility index (Phi) is 5.48. The van der Waals surface area contributed by atoms with E-state index < -0.39 is 13.4 Å². The zero-order chi connectivity index (χ0) is 6.08. The van der Waals surface area contributed by atoms with Crippen LogP contribution in [0.1, 0.15) is 6.92 Å². The number of hydrogen-bond donors (Lipinski definition) is 2. The minimum absolute atomic E-state index is 0. The predicted molar refractivity (Wildman–Crippen MR) is 41.9 cm³/mol. The van der Waals surface area contributed by atoms with Gasteiger partial charge in [0.2, 0.25) is 0 Å². The van der Waals surface area contributed by atoms with E-state index in [1.807, 2.05) is 13.3 Å². The molecule has 0 rings (SSSR count). The maximum Gasteiger partial charge on any atom is 0.177 e. The molecular formula is C4H12BrO2P. The smallest absolute Gasteiger partial charge is 0.177 e. The van der Waals surface area contributed by atoms with Crippen LogP contribution in [0.15, 0.2) is 0 Å². The Morgan fingerprint density at radius 2 is 1.38 bits per heavy atom. The normalized spacial score (nSPS) is 11.2. The highest BCUT2D eigenvalue weighted by Crippen LogP contribution is 2.37. The molecule has 0 aromatic heterocycles. The fraction of sp³-hybridized carbons (Fsp3) is 1.00. The lowest BCUT2D eigenvalue weighted by Gasteiger charge is -2.19. The maximum atomic E-state index is 8.68. The van der Waals surface area contributed by atoms with Gasteiger partial charge in [-0.05, 0) is 28.2 Å². The van der Waals surface area contributed by atoms with Crippen LogP contribution in [0, 0.1) is 0 Å². The van der Waals surface area contributed by atoms with Gasteiger partial charge in [0, 0.05) is 0 Å². The second kappa shape index (κ2) is 3.78. The van der Waals surface area contributed by atoms with Crippen molar-refractivity contribution >= 4 is 24.9 Å². The van der Waals surface area contributed by atoms with Crippen molar-refractivity contribution in [3.8, 4) is 0 Å². The van der Waals surface area contributed by atoms with E-state index in [2.05, 4.69) is 0 Å². The molecular weight excluding hydrogens is 191 g/mol. The zero-order valence-corrected chi connectivity index (χ0v) is 7.86. The summed E-state index contributed by atoms with van der Waals surface area (Å²) in [5.41, 5.74) is -1.44. The van der Waals surface area contributed by atoms with Gasteiger partial charge in [-0.25, -0.2) is 0 Å². The largest absolute Gasteiger partial charge is 0.362 e. The Labute approximate surface area is 61.4 Å². The summed E-state index contributed by atoms with van der Waals surface area (Å²) in [6.07, 6.45) is 0. The quantitative estimate of drug-likeness (QED) is 0.492. The number of rotatable bonds is 1. The van der Waals surface area contributed by atoms with Crippen LogP contribution in [0.4, 0.5) is 0 Å². The lowest BCUT2D eigenvalue weighted by atomic mass is 10.8. The molecule has 52 valence electrons. The third-order valence-electron chi connectivity index (χ3n) is 0.847. The van der Waals surface area contributed by atoms with Crippen molar-refractivity contribution in [2.45, 2.75) is 12.5 Å². The summed E-state index contributed by atoms with van der Waals surface area (Å²) in [4.78, 5) is 0. The molecule has 0 aromatic rings. The average molecular weight is 203 g/mol. The minimum Gasteiger partial charge on any atom is -0.362 e. The molecule has 0 bridgehead atoms. The summed E-state index contributed by atoms with van der Waals surface area (Å²) in [6.45, 7) is 5.03. The molecule has 0 heterocycles. The molecule has 0 radical (unpaired) electrons. The second-order valence-electron chi connectivity index (χ2n) is 1.87. The van der Waals surface area contributed by atoms with Crippen molar-refractivity contribution in [2.75, 3.05) is 13.3 Å². The van der Waals surface area contributed by atoms with E-state index in [0.717, 1.165) is 0 Å².